The van der Waals surface area contributed by atoms with E-state index in [9.17, 15) is 4.39 Å². The van der Waals surface area contributed by atoms with Crippen molar-refractivity contribution in [3.8, 4) is 0 Å². The van der Waals surface area contributed by atoms with Crippen molar-refractivity contribution in [3.63, 3.8) is 0 Å². The predicted octanol–water partition coefficient (Wildman–Crippen LogP) is 2.74. The molecule has 2 heterocycles. The molecule has 0 unspecified atom stereocenters. The highest BCUT2D eigenvalue weighted by Crippen LogP contribution is 2.39. The second-order valence-corrected chi connectivity index (χ2v) is 6.30. The van der Waals surface area contributed by atoms with Gasteiger partial charge >= 0.3 is 0 Å². The lowest BCUT2D eigenvalue weighted by Gasteiger charge is -2.24. The van der Waals surface area contributed by atoms with Gasteiger partial charge in [-0.2, -0.15) is 0 Å². The van der Waals surface area contributed by atoms with Crippen LogP contribution >= 0.6 is 0 Å². The maximum absolute atomic E-state index is 14.4. The van der Waals surface area contributed by atoms with E-state index >= 15 is 0 Å². The molecule has 5 heteroatoms. The summed E-state index contributed by atoms with van der Waals surface area (Å²) in [7, 11) is 0. The van der Waals surface area contributed by atoms with E-state index in [-0.39, 0.29) is 11.9 Å². The molecule has 1 aromatic heterocycles. The van der Waals surface area contributed by atoms with E-state index in [2.05, 4.69) is 15.3 Å². The SMILES string of the molecule is Fc1cc(Cc2ncc(C3CC3)cn2)ccc1[C@@H]1CNCCO1. The van der Waals surface area contributed by atoms with E-state index < -0.39 is 0 Å². The maximum atomic E-state index is 14.4. The normalized spacial score (nSPS) is 21.3. The summed E-state index contributed by atoms with van der Waals surface area (Å²) in [5.74, 6) is 1.17. The van der Waals surface area contributed by atoms with Crippen LogP contribution in [0, 0.1) is 5.82 Å². The summed E-state index contributed by atoms with van der Waals surface area (Å²) in [5.41, 5.74) is 2.72. The highest BCUT2D eigenvalue weighted by atomic mass is 19.1. The molecular weight excluding hydrogens is 293 g/mol. The largest absolute Gasteiger partial charge is 0.371 e. The fraction of sp³-hybridized carbons (Fsp3) is 0.444. The first-order valence-corrected chi connectivity index (χ1v) is 8.21. The Hall–Kier alpha value is -1.85. The number of ether oxygens (including phenoxy) is 1. The average molecular weight is 313 g/mol. The first-order valence-electron chi connectivity index (χ1n) is 8.21. The molecule has 1 saturated heterocycles. The summed E-state index contributed by atoms with van der Waals surface area (Å²) < 4.78 is 20.0. The number of morpholine rings is 1. The molecule has 2 fully saturated rings. The zero-order chi connectivity index (χ0) is 15.6. The van der Waals surface area contributed by atoms with Crippen LogP contribution in [0.4, 0.5) is 4.39 Å². The lowest BCUT2D eigenvalue weighted by Crippen LogP contribution is -2.33. The second-order valence-electron chi connectivity index (χ2n) is 6.30. The van der Waals surface area contributed by atoms with Gasteiger partial charge in [-0.3, -0.25) is 0 Å². The molecule has 4 rings (SSSR count). The number of benzene rings is 1. The Balaban J connectivity index is 1.47. The van der Waals surface area contributed by atoms with E-state index in [4.69, 9.17) is 4.74 Å². The lowest BCUT2D eigenvalue weighted by molar-refractivity contribution is 0.0255. The van der Waals surface area contributed by atoms with Crippen molar-refractivity contribution in [1.29, 1.82) is 0 Å². The summed E-state index contributed by atoms with van der Waals surface area (Å²) >= 11 is 0. The van der Waals surface area contributed by atoms with Crippen LogP contribution in [0.3, 0.4) is 0 Å². The van der Waals surface area contributed by atoms with E-state index in [1.165, 1.54) is 18.4 Å². The Bertz CT molecular complexity index is 679. The van der Waals surface area contributed by atoms with Crippen molar-refractivity contribution in [2.45, 2.75) is 31.3 Å². The third kappa shape index (κ3) is 3.41. The molecule has 0 radical (unpaired) electrons. The highest BCUT2D eigenvalue weighted by Gasteiger charge is 2.24. The molecule has 1 atom stereocenters. The third-order valence-electron chi connectivity index (χ3n) is 4.48. The summed E-state index contributed by atoms with van der Waals surface area (Å²) in [6, 6.07) is 5.33. The molecule has 1 aliphatic carbocycles. The monoisotopic (exact) mass is 313 g/mol. The zero-order valence-corrected chi connectivity index (χ0v) is 13.0. The molecule has 0 spiro atoms. The lowest BCUT2D eigenvalue weighted by atomic mass is 10.0. The number of rotatable bonds is 4. The molecule has 120 valence electrons. The Morgan fingerprint density at radius 3 is 2.70 bits per heavy atom. The number of nitrogens with zero attached hydrogens (tertiary/aromatic N) is 2. The minimum atomic E-state index is -0.217. The molecule has 1 aliphatic heterocycles. The zero-order valence-electron chi connectivity index (χ0n) is 13.0. The fourth-order valence-corrected chi connectivity index (χ4v) is 2.97. The van der Waals surface area contributed by atoms with Crippen LogP contribution in [0.15, 0.2) is 30.6 Å². The Morgan fingerprint density at radius 1 is 1.22 bits per heavy atom. The number of hydrogen-bond acceptors (Lipinski definition) is 4. The number of halogens is 1. The van der Waals surface area contributed by atoms with Gasteiger partial charge < -0.3 is 10.1 Å². The Labute approximate surface area is 135 Å². The summed E-state index contributed by atoms with van der Waals surface area (Å²) in [6.07, 6.45) is 6.65. The number of aromatic nitrogens is 2. The van der Waals surface area contributed by atoms with Gasteiger partial charge in [-0.25, -0.2) is 14.4 Å². The minimum absolute atomic E-state index is 0.202. The quantitative estimate of drug-likeness (QED) is 0.943. The van der Waals surface area contributed by atoms with Gasteiger partial charge in [-0.15, -0.1) is 0 Å². The van der Waals surface area contributed by atoms with Gasteiger partial charge in [0.15, 0.2) is 0 Å². The van der Waals surface area contributed by atoms with E-state index in [0.717, 1.165) is 17.9 Å². The molecule has 0 amide bonds. The van der Waals surface area contributed by atoms with Crippen molar-refractivity contribution in [3.05, 3.63) is 58.9 Å². The van der Waals surface area contributed by atoms with E-state index in [1.54, 1.807) is 6.07 Å². The van der Waals surface area contributed by atoms with Crippen molar-refractivity contribution in [2.75, 3.05) is 19.7 Å². The highest BCUT2D eigenvalue weighted by molar-refractivity contribution is 5.29. The van der Waals surface area contributed by atoms with Gasteiger partial charge in [0.05, 0.1) is 12.7 Å². The molecule has 1 N–H and O–H groups in total. The first kappa shape index (κ1) is 14.7. The van der Waals surface area contributed by atoms with Gasteiger partial charge in [-0.1, -0.05) is 12.1 Å². The topological polar surface area (TPSA) is 47.0 Å². The predicted molar refractivity (Wildman–Crippen MR) is 84.8 cm³/mol. The Kier molecular flexibility index (Phi) is 4.06. The fourth-order valence-electron chi connectivity index (χ4n) is 2.97. The van der Waals surface area contributed by atoms with Crippen molar-refractivity contribution < 1.29 is 9.13 Å². The molecule has 4 nitrogen and oxygen atoms in total. The molecule has 23 heavy (non-hydrogen) atoms. The summed E-state index contributed by atoms with van der Waals surface area (Å²) in [5, 5.41) is 3.22. The van der Waals surface area contributed by atoms with Gasteiger partial charge in [0.25, 0.3) is 0 Å². The summed E-state index contributed by atoms with van der Waals surface area (Å²) in [6.45, 7) is 2.10. The molecule has 1 aromatic carbocycles. The maximum Gasteiger partial charge on any atom is 0.132 e. The van der Waals surface area contributed by atoms with Gasteiger partial charge in [0.1, 0.15) is 11.6 Å². The average Bonchev–Trinajstić information content (AvgIpc) is 3.42. The van der Waals surface area contributed by atoms with Crippen LogP contribution in [0.25, 0.3) is 0 Å². The molecule has 0 bridgehead atoms. The molecule has 2 aromatic rings. The standard InChI is InChI=1S/C18H20FN3O/c19-16-7-12(1-4-15(16)17-11-20-5-6-23-17)8-18-21-9-14(10-22-18)13-2-3-13/h1,4,7,9-10,13,17,20H,2-3,5-6,8,11H2/t17-/m0/s1. The van der Waals surface area contributed by atoms with Crippen molar-refractivity contribution >= 4 is 0 Å². The van der Waals surface area contributed by atoms with Gasteiger partial charge in [0, 0.05) is 37.5 Å². The number of hydrogen-bond donors (Lipinski definition) is 1. The van der Waals surface area contributed by atoms with E-state index in [0.29, 0.717) is 31.1 Å². The minimum Gasteiger partial charge on any atom is -0.371 e. The van der Waals surface area contributed by atoms with Crippen LogP contribution in [0.1, 0.15) is 47.4 Å². The number of nitrogens with one attached hydrogen (secondary N) is 1. The van der Waals surface area contributed by atoms with Crippen LogP contribution < -0.4 is 5.32 Å². The van der Waals surface area contributed by atoms with Gasteiger partial charge in [0.2, 0.25) is 0 Å². The van der Waals surface area contributed by atoms with Gasteiger partial charge in [-0.05, 0) is 36.0 Å². The van der Waals surface area contributed by atoms with Crippen LogP contribution in [0.2, 0.25) is 0 Å². The molecule has 2 aliphatic rings. The van der Waals surface area contributed by atoms with Crippen molar-refractivity contribution in [1.82, 2.24) is 15.3 Å². The van der Waals surface area contributed by atoms with Crippen molar-refractivity contribution in [2.24, 2.45) is 0 Å². The smallest absolute Gasteiger partial charge is 0.132 e. The first-order chi connectivity index (χ1) is 11.3. The van der Waals surface area contributed by atoms with E-state index in [1.807, 2.05) is 24.5 Å². The Morgan fingerprint density at radius 2 is 2.04 bits per heavy atom. The van der Waals surface area contributed by atoms with Crippen LogP contribution in [0.5, 0.6) is 0 Å². The summed E-state index contributed by atoms with van der Waals surface area (Å²) in [4.78, 5) is 8.82. The molecular formula is C18H20FN3O. The molecule has 1 saturated carbocycles. The third-order valence-corrected chi connectivity index (χ3v) is 4.48. The van der Waals surface area contributed by atoms with Crippen LogP contribution in [-0.2, 0) is 11.2 Å². The second kappa shape index (κ2) is 6.34. The van der Waals surface area contributed by atoms with Crippen LogP contribution in [-0.4, -0.2) is 29.7 Å².